The molecular weight excluding hydrogens is 290 g/mol. The summed E-state index contributed by atoms with van der Waals surface area (Å²) in [4.78, 5) is 13.9. The maximum atomic E-state index is 12.3. The largest absolute Gasteiger partial charge is 0.313 e. The molecule has 2 aromatic carbocycles. The Labute approximate surface area is 127 Å². The van der Waals surface area contributed by atoms with Crippen LogP contribution < -0.4 is 4.90 Å². The van der Waals surface area contributed by atoms with Crippen molar-refractivity contribution in [3.8, 4) is 0 Å². The number of hydrogen-bond donors (Lipinski definition) is 0. The van der Waals surface area contributed by atoms with Crippen LogP contribution in [0.3, 0.4) is 0 Å². The Morgan fingerprint density at radius 1 is 1.05 bits per heavy atom. The van der Waals surface area contributed by atoms with Gasteiger partial charge >= 0.3 is 0 Å². The first-order valence-corrected chi connectivity index (χ1v) is 7.77. The number of carbonyl (C=O) groups excluding carboxylic acids is 1. The molecule has 0 radical (unpaired) electrons. The molecule has 0 saturated heterocycles. The van der Waals surface area contributed by atoms with E-state index >= 15 is 0 Å². The van der Waals surface area contributed by atoms with E-state index in [0.717, 1.165) is 11.3 Å². The minimum atomic E-state index is -0.572. The highest BCUT2D eigenvalue weighted by atomic mass is 35.5. The van der Waals surface area contributed by atoms with Gasteiger partial charge in [0.15, 0.2) is 4.71 Å². The molecule has 2 aromatic rings. The van der Waals surface area contributed by atoms with Crippen molar-refractivity contribution in [1.82, 2.24) is 0 Å². The van der Waals surface area contributed by atoms with Crippen LogP contribution in [0.2, 0.25) is 0 Å². The fourth-order valence-corrected chi connectivity index (χ4v) is 4.05. The molecule has 0 fully saturated rings. The van der Waals surface area contributed by atoms with Gasteiger partial charge in [-0.2, -0.15) is 0 Å². The van der Waals surface area contributed by atoms with Crippen LogP contribution in [-0.4, -0.2) is 17.7 Å². The predicted molar refractivity (Wildman–Crippen MR) is 85.4 cm³/mol. The molecular formula is C16H14ClNOS. The van der Waals surface area contributed by atoms with Gasteiger partial charge in [-0.25, -0.2) is 0 Å². The van der Waals surface area contributed by atoms with Gasteiger partial charge in [-0.05, 0) is 17.2 Å². The highest BCUT2D eigenvalue weighted by Gasteiger charge is 2.33. The second-order valence-electron chi connectivity index (χ2n) is 4.70. The molecule has 4 heteroatoms. The number of para-hydroxylation sites is 1. The van der Waals surface area contributed by atoms with E-state index in [9.17, 15) is 4.79 Å². The number of halogens is 1. The van der Waals surface area contributed by atoms with E-state index in [1.807, 2.05) is 36.4 Å². The summed E-state index contributed by atoms with van der Waals surface area (Å²) in [6, 6.07) is 18.2. The molecule has 2 unspecified atom stereocenters. The maximum absolute atomic E-state index is 12.3. The second-order valence-corrected chi connectivity index (χ2v) is 6.61. The number of alkyl halides is 1. The van der Waals surface area contributed by atoms with Gasteiger partial charge < -0.3 is 4.90 Å². The molecule has 2 nitrogen and oxygen atoms in total. The van der Waals surface area contributed by atoms with Crippen LogP contribution in [0, 0.1) is 0 Å². The summed E-state index contributed by atoms with van der Waals surface area (Å²) in [7, 11) is 1.78. The monoisotopic (exact) mass is 303 g/mol. The standard InChI is InChI=1S/C16H14ClNOS/c1-18-13-10-6-5-9-12(13)14(20-15(17)16(18)19)11-7-3-2-4-8-11/h2-10,14-15H,1H3. The van der Waals surface area contributed by atoms with Crippen molar-refractivity contribution >= 4 is 35.0 Å². The van der Waals surface area contributed by atoms with Crippen molar-refractivity contribution < 1.29 is 4.79 Å². The topological polar surface area (TPSA) is 20.3 Å². The number of anilines is 1. The lowest BCUT2D eigenvalue weighted by molar-refractivity contribution is -0.116. The number of rotatable bonds is 1. The van der Waals surface area contributed by atoms with Gasteiger partial charge in [0.1, 0.15) is 0 Å². The molecule has 0 N–H and O–H groups in total. The van der Waals surface area contributed by atoms with E-state index in [1.54, 1.807) is 11.9 Å². The summed E-state index contributed by atoms with van der Waals surface area (Å²) in [5.74, 6) is -0.0671. The molecule has 0 aromatic heterocycles. The molecule has 0 bridgehead atoms. The Bertz CT molecular complexity index is 631. The highest BCUT2D eigenvalue weighted by molar-refractivity contribution is 8.02. The van der Waals surface area contributed by atoms with Crippen LogP contribution in [-0.2, 0) is 4.79 Å². The second kappa shape index (κ2) is 5.51. The zero-order valence-electron chi connectivity index (χ0n) is 11.0. The molecule has 3 rings (SSSR count). The lowest BCUT2D eigenvalue weighted by Crippen LogP contribution is -2.30. The van der Waals surface area contributed by atoms with Crippen molar-refractivity contribution in [2.45, 2.75) is 9.96 Å². The Morgan fingerprint density at radius 2 is 1.70 bits per heavy atom. The quantitative estimate of drug-likeness (QED) is 0.741. The van der Waals surface area contributed by atoms with Gasteiger partial charge in [-0.3, -0.25) is 4.79 Å². The minimum Gasteiger partial charge on any atom is -0.313 e. The number of nitrogens with zero attached hydrogens (tertiary/aromatic N) is 1. The zero-order valence-corrected chi connectivity index (χ0v) is 12.6. The van der Waals surface area contributed by atoms with Crippen molar-refractivity contribution in [1.29, 1.82) is 0 Å². The number of carbonyl (C=O) groups is 1. The van der Waals surface area contributed by atoms with E-state index in [4.69, 9.17) is 11.6 Å². The fraction of sp³-hybridized carbons (Fsp3) is 0.188. The van der Waals surface area contributed by atoms with Crippen LogP contribution in [0.5, 0.6) is 0 Å². The van der Waals surface area contributed by atoms with E-state index in [0.29, 0.717) is 0 Å². The molecule has 1 amide bonds. The average molecular weight is 304 g/mol. The van der Waals surface area contributed by atoms with Crippen LogP contribution >= 0.6 is 23.4 Å². The summed E-state index contributed by atoms with van der Waals surface area (Å²) in [5, 5.41) is 0.0730. The van der Waals surface area contributed by atoms with Crippen molar-refractivity contribution in [2.75, 3.05) is 11.9 Å². The summed E-state index contributed by atoms with van der Waals surface area (Å²) in [5.41, 5.74) is 3.23. The molecule has 2 atom stereocenters. The van der Waals surface area contributed by atoms with Crippen molar-refractivity contribution in [3.63, 3.8) is 0 Å². The normalized spacial score (nSPS) is 22.3. The number of thioether (sulfide) groups is 1. The Hall–Kier alpha value is -1.45. The van der Waals surface area contributed by atoms with Gasteiger partial charge in [0.05, 0.1) is 5.25 Å². The number of benzene rings is 2. The van der Waals surface area contributed by atoms with Crippen molar-refractivity contribution in [3.05, 3.63) is 65.7 Å². The summed E-state index contributed by atoms with van der Waals surface area (Å²) in [6.07, 6.45) is 0. The zero-order chi connectivity index (χ0) is 14.1. The number of fused-ring (bicyclic) bond motifs is 1. The van der Waals surface area contributed by atoms with Crippen LogP contribution in [0.25, 0.3) is 0 Å². The lowest BCUT2D eigenvalue weighted by Gasteiger charge is -2.19. The summed E-state index contributed by atoms with van der Waals surface area (Å²) in [6.45, 7) is 0. The van der Waals surface area contributed by atoms with Crippen LogP contribution in [0.4, 0.5) is 5.69 Å². The first-order chi connectivity index (χ1) is 9.68. The predicted octanol–water partition coefficient (Wildman–Crippen LogP) is 4.05. The highest BCUT2D eigenvalue weighted by Crippen LogP contribution is 2.46. The summed E-state index contributed by atoms with van der Waals surface area (Å²) < 4.78 is -0.572. The molecule has 1 heterocycles. The molecule has 20 heavy (non-hydrogen) atoms. The summed E-state index contributed by atoms with van der Waals surface area (Å²) >= 11 is 7.76. The smallest absolute Gasteiger partial charge is 0.255 e. The molecule has 1 aliphatic rings. The molecule has 102 valence electrons. The third-order valence-electron chi connectivity index (χ3n) is 3.46. The van der Waals surface area contributed by atoms with E-state index < -0.39 is 4.71 Å². The third kappa shape index (κ3) is 2.32. The first-order valence-electron chi connectivity index (χ1n) is 6.39. The van der Waals surface area contributed by atoms with E-state index in [2.05, 4.69) is 18.2 Å². The number of hydrogen-bond acceptors (Lipinski definition) is 2. The molecule has 1 aliphatic heterocycles. The Kier molecular flexibility index (Phi) is 3.72. The Morgan fingerprint density at radius 3 is 2.45 bits per heavy atom. The first kappa shape index (κ1) is 13.5. The van der Waals surface area contributed by atoms with Gasteiger partial charge in [-0.15, -0.1) is 23.4 Å². The third-order valence-corrected chi connectivity index (χ3v) is 5.20. The SMILES string of the molecule is CN1C(=O)C(Cl)SC(c2ccccc2)c2ccccc21. The molecule has 0 aliphatic carbocycles. The minimum absolute atomic E-state index is 0.0671. The van der Waals surface area contributed by atoms with Crippen molar-refractivity contribution in [2.24, 2.45) is 0 Å². The van der Waals surface area contributed by atoms with Gasteiger partial charge in [-0.1, -0.05) is 48.5 Å². The maximum Gasteiger partial charge on any atom is 0.255 e. The van der Waals surface area contributed by atoms with Crippen LogP contribution in [0.1, 0.15) is 16.4 Å². The Balaban J connectivity index is 2.15. The van der Waals surface area contributed by atoms with E-state index in [1.165, 1.54) is 17.3 Å². The van der Waals surface area contributed by atoms with E-state index in [-0.39, 0.29) is 11.2 Å². The van der Waals surface area contributed by atoms with Gasteiger partial charge in [0, 0.05) is 12.7 Å². The fourth-order valence-electron chi connectivity index (χ4n) is 2.42. The lowest BCUT2D eigenvalue weighted by atomic mass is 10.0. The van der Waals surface area contributed by atoms with Gasteiger partial charge in [0.25, 0.3) is 5.91 Å². The number of amides is 1. The molecule has 0 spiro atoms. The van der Waals surface area contributed by atoms with Gasteiger partial charge in [0.2, 0.25) is 0 Å². The molecule has 0 saturated carbocycles. The average Bonchev–Trinajstić information content (AvgIpc) is 2.60. The van der Waals surface area contributed by atoms with Crippen LogP contribution in [0.15, 0.2) is 54.6 Å².